The highest BCUT2D eigenvalue weighted by molar-refractivity contribution is 5.87. The van der Waals surface area contributed by atoms with Gasteiger partial charge in [0.15, 0.2) is 5.65 Å². The maximum atomic E-state index is 5.80. The Morgan fingerprint density at radius 3 is 2.83 bits per heavy atom. The number of morpholine rings is 1. The first-order chi connectivity index (χ1) is 10.9. The zero-order valence-corrected chi connectivity index (χ0v) is 14.4. The van der Waals surface area contributed by atoms with E-state index in [4.69, 9.17) is 20.4 Å². The van der Waals surface area contributed by atoms with Crippen LogP contribution in [0.3, 0.4) is 0 Å². The Labute approximate surface area is 136 Å². The molecule has 1 fully saturated rings. The second-order valence-corrected chi connectivity index (χ2v) is 7.14. The van der Waals surface area contributed by atoms with Crippen molar-refractivity contribution in [3.8, 4) is 0 Å². The van der Waals surface area contributed by atoms with Crippen LogP contribution in [0.25, 0.3) is 11.0 Å². The van der Waals surface area contributed by atoms with Crippen molar-refractivity contribution in [1.29, 1.82) is 0 Å². The molecule has 2 aromatic rings. The van der Waals surface area contributed by atoms with E-state index in [-0.39, 0.29) is 11.5 Å². The van der Waals surface area contributed by atoms with Crippen molar-refractivity contribution in [2.75, 3.05) is 31.1 Å². The molecular formula is C16H26N6O. The normalized spacial score (nSPS) is 19.5. The molecule has 0 amide bonds. The summed E-state index contributed by atoms with van der Waals surface area (Å²) in [6.07, 6.45) is 2.88. The van der Waals surface area contributed by atoms with Gasteiger partial charge in [0.1, 0.15) is 11.6 Å². The third-order valence-electron chi connectivity index (χ3n) is 4.17. The maximum Gasteiger partial charge on any atom is 0.163 e. The van der Waals surface area contributed by atoms with Crippen molar-refractivity contribution >= 4 is 16.9 Å². The van der Waals surface area contributed by atoms with Gasteiger partial charge in [-0.15, -0.1) is 0 Å². The fourth-order valence-electron chi connectivity index (χ4n) is 2.86. The SMILES string of the molecule is Cn1ncc2c(N3CCOC(CCN)C3)nc(C(C)(C)C)nc21. The topological polar surface area (TPSA) is 82.1 Å². The first-order valence-electron chi connectivity index (χ1n) is 8.17. The van der Waals surface area contributed by atoms with Gasteiger partial charge >= 0.3 is 0 Å². The van der Waals surface area contributed by atoms with Gasteiger partial charge in [-0.25, -0.2) is 9.97 Å². The molecule has 0 spiro atoms. The number of hydrogen-bond donors (Lipinski definition) is 1. The Morgan fingerprint density at radius 2 is 2.13 bits per heavy atom. The molecule has 23 heavy (non-hydrogen) atoms. The number of aryl methyl sites for hydroxylation is 1. The lowest BCUT2D eigenvalue weighted by molar-refractivity contribution is 0.0367. The van der Waals surface area contributed by atoms with Crippen LogP contribution in [-0.4, -0.2) is 52.1 Å². The highest BCUT2D eigenvalue weighted by Gasteiger charge is 2.27. The van der Waals surface area contributed by atoms with E-state index < -0.39 is 0 Å². The lowest BCUT2D eigenvalue weighted by Gasteiger charge is -2.34. The number of fused-ring (bicyclic) bond motifs is 1. The van der Waals surface area contributed by atoms with E-state index in [1.54, 1.807) is 0 Å². The van der Waals surface area contributed by atoms with E-state index in [0.29, 0.717) is 13.2 Å². The molecule has 3 rings (SSSR count). The number of nitrogens with zero attached hydrogens (tertiary/aromatic N) is 5. The fraction of sp³-hybridized carbons (Fsp3) is 0.688. The molecule has 1 aliphatic rings. The standard InChI is InChI=1S/C16H26N6O/c1-16(2,3)15-19-13-12(9-18-21(13)4)14(20-15)22-7-8-23-11(10-22)5-6-17/h9,11H,5-8,10,17H2,1-4H3. The van der Waals surface area contributed by atoms with Gasteiger partial charge in [-0.05, 0) is 13.0 Å². The molecule has 0 aromatic carbocycles. The predicted molar refractivity (Wildman–Crippen MR) is 90.6 cm³/mol. The van der Waals surface area contributed by atoms with E-state index in [1.807, 2.05) is 17.9 Å². The van der Waals surface area contributed by atoms with Gasteiger partial charge in [-0.3, -0.25) is 4.68 Å². The first-order valence-corrected chi connectivity index (χ1v) is 8.17. The molecule has 126 valence electrons. The highest BCUT2D eigenvalue weighted by Crippen LogP contribution is 2.29. The maximum absolute atomic E-state index is 5.80. The molecule has 0 aliphatic carbocycles. The number of rotatable bonds is 3. The van der Waals surface area contributed by atoms with Crippen LogP contribution < -0.4 is 10.6 Å². The summed E-state index contributed by atoms with van der Waals surface area (Å²) in [5.41, 5.74) is 6.44. The second-order valence-electron chi connectivity index (χ2n) is 7.14. The van der Waals surface area contributed by atoms with Crippen LogP contribution in [0.2, 0.25) is 0 Å². The van der Waals surface area contributed by atoms with E-state index in [0.717, 1.165) is 42.2 Å². The minimum absolute atomic E-state index is 0.115. The van der Waals surface area contributed by atoms with Crippen molar-refractivity contribution in [3.05, 3.63) is 12.0 Å². The summed E-state index contributed by atoms with van der Waals surface area (Å²) >= 11 is 0. The van der Waals surface area contributed by atoms with Gasteiger partial charge in [0.2, 0.25) is 0 Å². The first kappa shape index (κ1) is 16.1. The number of ether oxygens (including phenoxy) is 1. The van der Waals surface area contributed by atoms with Crippen LogP contribution in [0.15, 0.2) is 6.20 Å². The quantitative estimate of drug-likeness (QED) is 0.916. The third kappa shape index (κ3) is 3.16. The van der Waals surface area contributed by atoms with Gasteiger partial charge in [0.05, 0.1) is 24.3 Å². The zero-order valence-electron chi connectivity index (χ0n) is 14.4. The van der Waals surface area contributed by atoms with E-state index in [1.165, 1.54) is 0 Å². The summed E-state index contributed by atoms with van der Waals surface area (Å²) in [5.74, 6) is 1.80. The van der Waals surface area contributed by atoms with Gasteiger partial charge in [-0.1, -0.05) is 20.8 Å². The summed E-state index contributed by atoms with van der Waals surface area (Å²) in [4.78, 5) is 11.9. The molecule has 0 radical (unpaired) electrons. The largest absolute Gasteiger partial charge is 0.374 e. The molecule has 0 bridgehead atoms. The van der Waals surface area contributed by atoms with E-state index in [2.05, 4.69) is 30.8 Å². The Hall–Kier alpha value is -1.73. The fourth-order valence-corrected chi connectivity index (χ4v) is 2.86. The van der Waals surface area contributed by atoms with Gasteiger partial charge in [0, 0.05) is 25.6 Å². The Balaban J connectivity index is 2.05. The van der Waals surface area contributed by atoms with Gasteiger partial charge < -0.3 is 15.4 Å². The highest BCUT2D eigenvalue weighted by atomic mass is 16.5. The summed E-state index contributed by atoms with van der Waals surface area (Å²) in [6.45, 7) is 9.35. The van der Waals surface area contributed by atoms with Crippen LogP contribution >= 0.6 is 0 Å². The molecule has 1 aliphatic heterocycles. The van der Waals surface area contributed by atoms with Crippen molar-refractivity contribution in [2.24, 2.45) is 12.8 Å². The Morgan fingerprint density at radius 1 is 1.35 bits per heavy atom. The molecule has 1 atom stereocenters. The molecule has 3 heterocycles. The van der Waals surface area contributed by atoms with Crippen molar-refractivity contribution < 1.29 is 4.74 Å². The van der Waals surface area contributed by atoms with Crippen molar-refractivity contribution in [2.45, 2.75) is 38.7 Å². The number of aromatic nitrogens is 4. The van der Waals surface area contributed by atoms with E-state index in [9.17, 15) is 0 Å². The smallest absolute Gasteiger partial charge is 0.163 e. The third-order valence-corrected chi connectivity index (χ3v) is 4.17. The number of hydrogen-bond acceptors (Lipinski definition) is 6. The molecule has 2 N–H and O–H groups in total. The Bertz CT molecular complexity index is 688. The molecular weight excluding hydrogens is 292 g/mol. The van der Waals surface area contributed by atoms with Crippen LogP contribution in [0.5, 0.6) is 0 Å². The molecule has 1 unspecified atom stereocenters. The number of anilines is 1. The molecule has 2 aromatic heterocycles. The lowest BCUT2D eigenvalue weighted by Crippen LogP contribution is -2.44. The summed E-state index contributed by atoms with van der Waals surface area (Å²) in [6, 6.07) is 0. The van der Waals surface area contributed by atoms with Crippen LogP contribution in [0.1, 0.15) is 33.0 Å². The molecule has 7 nitrogen and oxygen atoms in total. The summed E-state index contributed by atoms with van der Waals surface area (Å²) < 4.78 is 7.61. The second kappa shape index (κ2) is 6.05. The van der Waals surface area contributed by atoms with Gasteiger partial charge in [-0.2, -0.15) is 5.10 Å². The predicted octanol–water partition coefficient (Wildman–Crippen LogP) is 1.21. The Kier molecular flexibility index (Phi) is 4.25. The van der Waals surface area contributed by atoms with Crippen molar-refractivity contribution in [3.63, 3.8) is 0 Å². The van der Waals surface area contributed by atoms with E-state index >= 15 is 0 Å². The minimum atomic E-state index is -0.115. The van der Waals surface area contributed by atoms with Crippen LogP contribution in [-0.2, 0) is 17.2 Å². The molecule has 0 saturated carbocycles. The average molecular weight is 318 g/mol. The van der Waals surface area contributed by atoms with Crippen molar-refractivity contribution in [1.82, 2.24) is 19.7 Å². The molecule has 1 saturated heterocycles. The average Bonchev–Trinajstić information content (AvgIpc) is 2.88. The van der Waals surface area contributed by atoms with Crippen LogP contribution in [0, 0.1) is 0 Å². The monoisotopic (exact) mass is 318 g/mol. The summed E-state index contributed by atoms with van der Waals surface area (Å²) in [5, 5.41) is 5.36. The van der Waals surface area contributed by atoms with Gasteiger partial charge in [0.25, 0.3) is 0 Å². The minimum Gasteiger partial charge on any atom is -0.374 e. The van der Waals surface area contributed by atoms with Crippen LogP contribution in [0.4, 0.5) is 5.82 Å². The lowest BCUT2D eigenvalue weighted by atomic mass is 9.95. The number of nitrogens with two attached hydrogens (primary N) is 1. The zero-order chi connectivity index (χ0) is 16.6. The summed E-state index contributed by atoms with van der Waals surface area (Å²) in [7, 11) is 1.92. The molecule has 7 heteroatoms.